The monoisotopic (exact) mass is 339 g/mol. The van der Waals surface area contributed by atoms with Crippen molar-refractivity contribution in [1.29, 1.82) is 0 Å². The molecule has 1 aliphatic heterocycles. The molecule has 0 spiro atoms. The Kier molecular flexibility index (Phi) is 4.97. The van der Waals surface area contributed by atoms with Crippen molar-refractivity contribution < 1.29 is 14.3 Å². The summed E-state index contributed by atoms with van der Waals surface area (Å²) >= 11 is 0. The van der Waals surface area contributed by atoms with Gasteiger partial charge in [-0.15, -0.1) is 0 Å². The number of amides is 1. The van der Waals surface area contributed by atoms with Crippen molar-refractivity contribution in [3.8, 4) is 5.75 Å². The molecular weight excluding hydrogens is 318 g/mol. The van der Waals surface area contributed by atoms with Crippen LogP contribution in [-0.4, -0.2) is 29.0 Å². The van der Waals surface area contributed by atoms with E-state index in [4.69, 9.17) is 4.74 Å². The first-order valence-electron chi connectivity index (χ1n) is 8.33. The molecule has 0 aliphatic carbocycles. The normalized spacial score (nSPS) is 14.2. The Balaban J connectivity index is 1.72. The Bertz CT molecular complexity index is 868. The Morgan fingerprint density at radius 3 is 2.92 bits per heavy atom. The highest BCUT2D eigenvalue weighted by Gasteiger charge is 2.15. The summed E-state index contributed by atoms with van der Waals surface area (Å²) in [7, 11) is 0. The van der Waals surface area contributed by atoms with Crippen LogP contribution in [0.3, 0.4) is 0 Å². The van der Waals surface area contributed by atoms with Gasteiger partial charge in [0.2, 0.25) is 5.91 Å². The van der Waals surface area contributed by atoms with E-state index in [0.29, 0.717) is 24.1 Å². The molecule has 1 aromatic carbocycles. The van der Waals surface area contributed by atoms with Crippen molar-refractivity contribution >= 4 is 17.5 Å². The number of hydrogen-bond acceptors (Lipinski definition) is 4. The number of carbonyl (C=O) groups excluding carboxylic acids is 2. The van der Waals surface area contributed by atoms with Gasteiger partial charge in [-0.3, -0.25) is 19.1 Å². The molecule has 1 N–H and O–H groups in total. The molecule has 25 heavy (non-hydrogen) atoms. The van der Waals surface area contributed by atoms with Crippen LogP contribution in [0.25, 0.3) is 0 Å². The number of anilines is 1. The molecule has 0 saturated carbocycles. The second-order valence-corrected chi connectivity index (χ2v) is 6.20. The molecule has 6 heteroatoms. The largest absolute Gasteiger partial charge is 0.484 e. The average molecular weight is 339 g/mol. The summed E-state index contributed by atoms with van der Waals surface area (Å²) in [6.07, 6.45) is 2.84. The van der Waals surface area contributed by atoms with Crippen molar-refractivity contribution in [1.82, 2.24) is 4.57 Å². The summed E-state index contributed by atoms with van der Waals surface area (Å²) < 4.78 is 7.15. The van der Waals surface area contributed by atoms with Crippen LogP contribution in [0.5, 0.6) is 5.75 Å². The number of aryl methyl sites for hydroxylation is 1. The van der Waals surface area contributed by atoms with Gasteiger partial charge in [-0.25, -0.2) is 0 Å². The van der Waals surface area contributed by atoms with Gasteiger partial charge in [0.1, 0.15) is 11.2 Å². The van der Waals surface area contributed by atoms with Gasteiger partial charge < -0.3 is 10.1 Å². The molecular formula is C19H21N3O3. The van der Waals surface area contributed by atoms with Crippen molar-refractivity contribution in [2.24, 2.45) is 4.99 Å². The molecule has 0 atom stereocenters. The van der Waals surface area contributed by atoms with Crippen LogP contribution in [0, 0.1) is 0 Å². The van der Waals surface area contributed by atoms with Gasteiger partial charge in [0, 0.05) is 24.3 Å². The number of pyridine rings is 1. The maximum absolute atomic E-state index is 12.5. The van der Waals surface area contributed by atoms with Crippen LogP contribution >= 0.6 is 0 Å². The summed E-state index contributed by atoms with van der Waals surface area (Å²) in [5, 5.41) is 2.83. The molecule has 1 amide bonds. The molecule has 2 aromatic rings. The fourth-order valence-electron chi connectivity index (χ4n) is 2.68. The minimum absolute atomic E-state index is 0.0262. The van der Waals surface area contributed by atoms with Crippen LogP contribution < -0.4 is 15.5 Å². The molecule has 130 valence electrons. The van der Waals surface area contributed by atoms with Crippen molar-refractivity contribution in [3.63, 3.8) is 0 Å². The smallest absolute Gasteiger partial charge is 0.270 e. The molecule has 3 rings (SSSR count). The van der Waals surface area contributed by atoms with Crippen LogP contribution in [0.4, 0.5) is 5.69 Å². The molecule has 0 fully saturated rings. The van der Waals surface area contributed by atoms with E-state index in [2.05, 4.69) is 10.3 Å². The Morgan fingerprint density at radius 2 is 2.12 bits per heavy atom. The number of rotatable bonds is 4. The van der Waals surface area contributed by atoms with Gasteiger partial charge in [0.05, 0.1) is 0 Å². The zero-order valence-corrected chi connectivity index (χ0v) is 14.4. The van der Waals surface area contributed by atoms with E-state index < -0.39 is 0 Å². The zero-order chi connectivity index (χ0) is 17.8. The first kappa shape index (κ1) is 17.0. The summed E-state index contributed by atoms with van der Waals surface area (Å²) in [4.78, 5) is 28.3. The third-order valence-electron chi connectivity index (χ3n) is 3.83. The van der Waals surface area contributed by atoms with E-state index in [1.54, 1.807) is 30.5 Å². The van der Waals surface area contributed by atoms with Crippen LogP contribution in [0.2, 0.25) is 0 Å². The standard InChI is InChI=1S/C19H21N3O3/c1-13(2)20-17-5-3-4-10-22(17)19(24)12-25-15-7-8-16-14(11-15)6-9-18(23)21-16/h3-5,7-8,10-11,13H,6,9,12H2,1-2H3,(H,21,23). The zero-order valence-electron chi connectivity index (χ0n) is 14.4. The topological polar surface area (TPSA) is 72.7 Å². The van der Waals surface area contributed by atoms with Crippen molar-refractivity contribution in [3.05, 3.63) is 53.6 Å². The number of ether oxygens (including phenoxy) is 1. The van der Waals surface area contributed by atoms with Crippen molar-refractivity contribution in [2.45, 2.75) is 32.7 Å². The van der Waals surface area contributed by atoms with Gasteiger partial charge >= 0.3 is 0 Å². The van der Waals surface area contributed by atoms with Crippen molar-refractivity contribution in [2.75, 3.05) is 11.9 Å². The summed E-state index contributed by atoms with van der Waals surface area (Å²) in [6.45, 7) is 3.84. The number of benzene rings is 1. The molecule has 0 radical (unpaired) electrons. The number of aromatic nitrogens is 1. The fourth-order valence-corrected chi connectivity index (χ4v) is 2.68. The van der Waals surface area contributed by atoms with Crippen LogP contribution in [0.15, 0.2) is 47.6 Å². The lowest BCUT2D eigenvalue weighted by Crippen LogP contribution is -2.31. The highest BCUT2D eigenvalue weighted by Crippen LogP contribution is 2.26. The van der Waals surface area contributed by atoms with E-state index in [0.717, 1.165) is 11.3 Å². The number of carbonyl (C=O) groups is 2. The molecule has 1 aliphatic rings. The lowest BCUT2D eigenvalue weighted by Gasteiger charge is -2.17. The second kappa shape index (κ2) is 7.34. The number of hydrogen-bond donors (Lipinski definition) is 1. The van der Waals surface area contributed by atoms with E-state index in [1.807, 2.05) is 26.0 Å². The third kappa shape index (κ3) is 4.15. The van der Waals surface area contributed by atoms with E-state index >= 15 is 0 Å². The van der Waals surface area contributed by atoms with Gasteiger partial charge in [0.25, 0.3) is 5.91 Å². The van der Waals surface area contributed by atoms with Crippen LogP contribution in [-0.2, 0) is 11.2 Å². The molecule has 0 saturated heterocycles. The summed E-state index contributed by atoms with van der Waals surface area (Å²) in [5.74, 6) is 0.450. The average Bonchev–Trinajstić information content (AvgIpc) is 2.59. The van der Waals surface area contributed by atoms with Gasteiger partial charge in [-0.05, 0) is 56.2 Å². The Labute approximate surface area is 146 Å². The number of nitrogens with zero attached hydrogens (tertiary/aromatic N) is 2. The lowest BCUT2D eigenvalue weighted by molar-refractivity contribution is -0.116. The number of fused-ring (bicyclic) bond motifs is 1. The lowest BCUT2D eigenvalue weighted by atomic mass is 10.0. The fraction of sp³-hybridized carbons (Fsp3) is 0.316. The molecule has 1 aromatic heterocycles. The van der Waals surface area contributed by atoms with Gasteiger partial charge in [0.15, 0.2) is 6.61 Å². The van der Waals surface area contributed by atoms with Gasteiger partial charge in [-0.2, -0.15) is 0 Å². The molecule has 0 bridgehead atoms. The summed E-state index contributed by atoms with van der Waals surface area (Å²) in [6, 6.07) is 11.0. The SMILES string of the molecule is CC(C)N=c1ccccn1C(=O)COc1ccc2c(c1)CCC(=O)N2. The van der Waals surface area contributed by atoms with E-state index in [-0.39, 0.29) is 24.5 Å². The van der Waals surface area contributed by atoms with E-state index in [1.165, 1.54) is 4.57 Å². The predicted molar refractivity (Wildman–Crippen MR) is 94.6 cm³/mol. The first-order chi connectivity index (χ1) is 12.0. The molecule has 6 nitrogen and oxygen atoms in total. The predicted octanol–water partition coefficient (Wildman–Crippen LogP) is 2.40. The summed E-state index contributed by atoms with van der Waals surface area (Å²) in [5.41, 5.74) is 2.44. The number of nitrogens with one attached hydrogen (secondary N) is 1. The highest BCUT2D eigenvalue weighted by molar-refractivity contribution is 5.94. The minimum atomic E-state index is -0.189. The molecule has 0 unspecified atom stereocenters. The maximum atomic E-state index is 12.5. The second-order valence-electron chi connectivity index (χ2n) is 6.20. The maximum Gasteiger partial charge on any atom is 0.270 e. The molecule has 2 heterocycles. The quantitative estimate of drug-likeness (QED) is 0.930. The van der Waals surface area contributed by atoms with Crippen LogP contribution in [0.1, 0.15) is 30.6 Å². The van der Waals surface area contributed by atoms with E-state index in [9.17, 15) is 9.59 Å². The first-order valence-corrected chi connectivity index (χ1v) is 8.33. The Morgan fingerprint density at radius 1 is 1.28 bits per heavy atom. The minimum Gasteiger partial charge on any atom is -0.484 e. The third-order valence-corrected chi connectivity index (χ3v) is 3.83. The highest BCUT2D eigenvalue weighted by atomic mass is 16.5. The van der Waals surface area contributed by atoms with Gasteiger partial charge in [-0.1, -0.05) is 6.07 Å². The Hall–Kier alpha value is -2.89.